The lowest BCUT2D eigenvalue weighted by atomic mass is 9.80. The van der Waals surface area contributed by atoms with Crippen LogP contribution in [0, 0.1) is 0 Å². The van der Waals surface area contributed by atoms with E-state index in [0.717, 1.165) is 45.3 Å². The molecule has 0 saturated heterocycles. The molecule has 6 heteroatoms. The van der Waals surface area contributed by atoms with Crippen LogP contribution >= 0.6 is 11.6 Å². The number of nitrogens with two attached hydrogens (primary N) is 1. The summed E-state index contributed by atoms with van der Waals surface area (Å²) in [5.74, 6) is 0. The summed E-state index contributed by atoms with van der Waals surface area (Å²) in [6.07, 6.45) is 4.47. The summed E-state index contributed by atoms with van der Waals surface area (Å²) in [7, 11) is 3.74. The van der Waals surface area contributed by atoms with E-state index >= 15 is 0 Å². The minimum atomic E-state index is -0.985. The number of pyridine rings is 1. The highest BCUT2D eigenvalue weighted by Crippen LogP contribution is 2.37. The lowest BCUT2D eigenvalue weighted by Crippen LogP contribution is -2.41. The van der Waals surface area contributed by atoms with E-state index in [1.54, 1.807) is 30.2 Å². The molecule has 2 N–H and O–H groups in total. The third kappa shape index (κ3) is 3.87. The van der Waals surface area contributed by atoms with Gasteiger partial charge in [0.2, 0.25) is 0 Å². The van der Waals surface area contributed by atoms with Crippen molar-refractivity contribution in [1.82, 2.24) is 14.1 Å². The number of halogens is 1. The van der Waals surface area contributed by atoms with Gasteiger partial charge in [0, 0.05) is 30.6 Å². The molecular weight excluding hydrogens is 456 g/mol. The number of rotatable bonds is 5. The lowest BCUT2D eigenvalue weighted by molar-refractivity contribution is 0.596. The molecule has 1 unspecified atom stereocenters. The Kier molecular flexibility index (Phi) is 5.83. The quantitative estimate of drug-likeness (QED) is 0.364. The minimum Gasteiger partial charge on any atom is -0.336 e. The average Bonchev–Trinajstić information content (AvgIpc) is 3.32. The van der Waals surface area contributed by atoms with Gasteiger partial charge in [-0.25, -0.2) is 4.98 Å². The number of imidazole rings is 1. The van der Waals surface area contributed by atoms with Crippen LogP contribution in [0.3, 0.4) is 0 Å². The van der Waals surface area contributed by atoms with Crippen LogP contribution < -0.4 is 11.3 Å². The van der Waals surface area contributed by atoms with Gasteiger partial charge in [0.25, 0.3) is 5.56 Å². The lowest BCUT2D eigenvalue weighted by Gasteiger charge is -2.31. The van der Waals surface area contributed by atoms with Crippen molar-refractivity contribution in [2.24, 2.45) is 19.8 Å². The number of fused-ring (bicyclic) bond motifs is 1. The molecular formula is C29H27ClN4O. The summed E-state index contributed by atoms with van der Waals surface area (Å²) < 4.78 is 3.61. The molecule has 0 aliphatic rings. The van der Waals surface area contributed by atoms with E-state index in [4.69, 9.17) is 17.3 Å². The maximum absolute atomic E-state index is 12.9. The third-order valence-electron chi connectivity index (χ3n) is 6.87. The molecule has 0 radical (unpaired) electrons. The van der Waals surface area contributed by atoms with Crippen molar-refractivity contribution in [2.45, 2.75) is 18.9 Å². The molecule has 5 nitrogen and oxygen atoms in total. The van der Waals surface area contributed by atoms with Gasteiger partial charge in [-0.3, -0.25) is 4.79 Å². The van der Waals surface area contributed by atoms with E-state index in [1.807, 2.05) is 54.1 Å². The van der Waals surface area contributed by atoms with Gasteiger partial charge >= 0.3 is 0 Å². The van der Waals surface area contributed by atoms with Gasteiger partial charge in [-0.05, 0) is 58.5 Å². The predicted molar refractivity (Wildman–Crippen MR) is 143 cm³/mol. The Morgan fingerprint density at radius 1 is 0.971 bits per heavy atom. The first kappa shape index (κ1) is 23.1. The zero-order valence-corrected chi connectivity index (χ0v) is 20.8. The van der Waals surface area contributed by atoms with Crippen molar-refractivity contribution >= 4 is 22.5 Å². The first-order chi connectivity index (χ1) is 16.8. The fraction of sp³-hybridized carbons (Fsp3) is 0.172. The Morgan fingerprint density at radius 3 is 2.40 bits per heavy atom. The van der Waals surface area contributed by atoms with E-state index in [0.29, 0.717) is 5.02 Å². The third-order valence-corrected chi connectivity index (χ3v) is 7.12. The van der Waals surface area contributed by atoms with E-state index in [2.05, 4.69) is 36.2 Å². The highest BCUT2D eigenvalue weighted by molar-refractivity contribution is 6.30. The molecule has 2 heterocycles. The second-order valence-corrected chi connectivity index (χ2v) is 9.38. The van der Waals surface area contributed by atoms with Crippen LogP contribution in [-0.2, 0) is 26.1 Å². The molecule has 0 spiro atoms. The Morgan fingerprint density at radius 2 is 1.71 bits per heavy atom. The van der Waals surface area contributed by atoms with Crippen LogP contribution in [0.15, 0.2) is 90.1 Å². The summed E-state index contributed by atoms with van der Waals surface area (Å²) in [6, 6.07) is 23.7. The molecule has 5 rings (SSSR count). The standard InChI is InChI=1S/C29H27ClN4O/c1-4-19-6-5-7-20(14-19)24-16-28(35)34(3)26-13-10-22(15-25(24)26)29(31,27-17-32-18-33(27)2)21-8-11-23(30)12-9-21/h5-18H,4,31H2,1-3H3. The maximum atomic E-state index is 12.9. The summed E-state index contributed by atoms with van der Waals surface area (Å²) in [5, 5.41) is 1.61. The van der Waals surface area contributed by atoms with Gasteiger partial charge in [0.05, 0.1) is 23.7 Å². The number of nitrogens with zero attached hydrogens (tertiary/aromatic N) is 3. The monoisotopic (exact) mass is 482 g/mol. The zero-order valence-electron chi connectivity index (χ0n) is 20.0. The molecule has 176 valence electrons. The molecule has 35 heavy (non-hydrogen) atoms. The molecule has 2 aromatic heterocycles. The number of aromatic nitrogens is 3. The smallest absolute Gasteiger partial charge is 0.251 e. The number of hydrogen-bond acceptors (Lipinski definition) is 3. The molecule has 0 saturated carbocycles. The highest BCUT2D eigenvalue weighted by Gasteiger charge is 2.35. The van der Waals surface area contributed by atoms with Crippen LogP contribution in [0.1, 0.15) is 29.3 Å². The number of hydrogen-bond donors (Lipinski definition) is 1. The van der Waals surface area contributed by atoms with E-state index in [9.17, 15) is 4.79 Å². The van der Waals surface area contributed by atoms with Gasteiger partial charge in [0.1, 0.15) is 5.54 Å². The van der Waals surface area contributed by atoms with Crippen LogP contribution in [0.5, 0.6) is 0 Å². The number of benzene rings is 3. The normalized spacial score (nSPS) is 13.2. The number of aryl methyl sites for hydroxylation is 3. The van der Waals surface area contributed by atoms with Crippen molar-refractivity contribution in [1.29, 1.82) is 0 Å². The van der Waals surface area contributed by atoms with Gasteiger partial charge < -0.3 is 14.9 Å². The van der Waals surface area contributed by atoms with Crippen LogP contribution in [0.25, 0.3) is 22.0 Å². The first-order valence-electron chi connectivity index (χ1n) is 11.6. The van der Waals surface area contributed by atoms with Gasteiger partial charge in [-0.1, -0.05) is 61.0 Å². The van der Waals surface area contributed by atoms with Gasteiger partial charge in [-0.15, -0.1) is 0 Å². The van der Waals surface area contributed by atoms with E-state index in [-0.39, 0.29) is 5.56 Å². The summed E-state index contributed by atoms with van der Waals surface area (Å²) in [6.45, 7) is 2.13. The molecule has 0 aliphatic carbocycles. The van der Waals surface area contributed by atoms with Crippen LogP contribution in [-0.4, -0.2) is 14.1 Å². The predicted octanol–water partition coefficient (Wildman–Crippen LogP) is 5.41. The van der Waals surface area contributed by atoms with E-state index in [1.165, 1.54) is 5.56 Å². The second-order valence-electron chi connectivity index (χ2n) is 8.95. The Balaban J connectivity index is 1.83. The summed E-state index contributed by atoms with van der Waals surface area (Å²) in [4.78, 5) is 17.2. The van der Waals surface area contributed by atoms with Crippen molar-refractivity contribution in [2.75, 3.05) is 0 Å². The van der Waals surface area contributed by atoms with Crippen LogP contribution in [0.4, 0.5) is 0 Å². The fourth-order valence-electron chi connectivity index (χ4n) is 4.82. The summed E-state index contributed by atoms with van der Waals surface area (Å²) in [5.41, 5.74) is 12.8. The average molecular weight is 483 g/mol. The maximum Gasteiger partial charge on any atom is 0.251 e. The Labute approximate surface area is 209 Å². The van der Waals surface area contributed by atoms with Crippen molar-refractivity contribution in [3.05, 3.63) is 123 Å². The molecule has 0 bridgehead atoms. The van der Waals surface area contributed by atoms with Crippen molar-refractivity contribution < 1.29 is 0 Å². The first-order valence-corrected chi connectivity index (χ1v) is 12.0. The topological polar surface area (TPSA) is 65.8 Å². The molecule has 0 amide bonds. The minimum absolute atomic E-state index is 0.0505. The molecule has 5 aromatic rings. The Bertz CT molecular complexity index is 1600. The highest BCUT2D eigenvalue weighted by atomic mass is 35.5. The Hall–Kier alpha value is -3.67. The van der Waals surface area contributed by atoms with Crippen LogP contribution in [0.2, 0.25) is 5.02 Å². The molecule has 0 fully saturated rings. The van der Waals surface area contributed by atoms with E-state index < -0.39 is 5.54 Å². The van der Waals surface area contributed by atoms with Gasteiger partial charge in [0.15, 0.2) is 0 Å². The molecule has 3 aromatic carbocycles. The van der Waals surface area contributed by atoms with Crippen molar-refractivity contribution in [3.8, 4) is 11.1 Å². The molecule has 1 atom stereocenters. The van der Waals surface area contributed by atoms with Crippen molar-refractivity contribution in [3.63, 3.8) is 0 Å². The largest absolute Gasteiger partial charge is 0.336 e. The summed E-state index contributed by atoms with van der Waals surface area (Å²) >= 11 is 6.20. The second kappa shape index (κ2) is 8.84. The fourth-order valence-corrected chi connectivity index (χ4v) is 4.94. The zero-order chi connectivity index (χ0) is 24.7. The van der Waals surface area contributed by atoms with Gasteiger partial charge in [-0.2, -0.15) is 0 Å². The SMILES string of the molecule is CCc1cccc(-c2cc(=O)n(C)c3ccc(C(N)(c4ccc(Cl)cc4)c4cncn4C)cc23)c1. The molecule has 0 aliphatic heterocycles.